The van der Waals surface area contributed by atoms with Crippen LogP contribution in [0, 0.1) is 0 Å². The molecule has 0 spiro atoms. The van der Waals surface area contributed by atoms with E-state index in [-0.39, 0.29) is 0 Å². The van der Waals surface area contributed by atoms with Crippen molar-refractivity contribution in [2.24, 2.45) is 5.73 Å². The van der Waals surface area contributed by atoms with Crippen LogP contribution in [0.5, 0.6) is 0 Å². The molecule has 1 aromatic heterocycles. The second kappa shape index (κ2) is 5.14. The standard InChI is InChI=1S/C11H16N2O3S/c12-10(14)8-3-9(17-5-8)4-13-6-11(15)1-2-16-7-11/h3,5,13,15H,1-2,4,6-7H2,(H2,12,14). The minimum atomic E-state index is -0.746. The summed E-state index contributed by atoms with van der Waals surface area (Å²) >= 11 is 1.48. The highest BCUT2D eigenvalue weighted by Gasteiger charge is 2.31. The first-order valence-electron chi connectivity index (χ1n) is 5.47. The summed E-state index contributed by atoms with van der Waals surface area (Å²) < 4.78 is 5.15. The second-order valence-corrected chi connectivity index (χ2v) is 5.29. The van der Waals surface area contributed by atoms with Crippen molar-refractivity contribution in [2.45, 2.75) is 18.6 Å². The first-order valence-corrected chi connectivity index (χ1v) is 6.35. The maximum absolute atomic E-state index is 10.9. The second-order valence-electron chi connectivity index (χ2n) is 4.30. The van der Waals surface area contributed by atoms with Crippen molar-refractivity contribution in [3.8, 4) is 0 Å². The van der Waals surface area contributed by atoms with Gasteiger partial charge in [-0.2, -0.15) is 0 Å². The number of hydrogen-bond acceptors (Lipinski definition) is 5. The molecule has 1 aromatic rings. The molecule has 1 unspecified atom stereocenters. The maximum atomic E-state index is 10.9. The predicted molar refractivity (Wildman–Crippen MR) is 64.9 cm³/mol. The van der Waals surface area contributed by atoms with E-state index in [1.165, 1.54) is 11.3 Å². The molecule has 2 rings (SSSR count). The minimum Gasteiger partial charge on any atom is -0.386 e. The van der Waals surface area contributed by atoms with Crippen LogP contribution in [0.1, 0.15) is 21.7 Å². The first-order chi connectivity index (χ1) is 8.09. The molecule has 6 heteroatoms. The number of nitrogens with one attached hydrogen (secondary N) is 1. The summed E-state index contributed by atoms with van der Waals surface area (Å²) in [6.45, 7) is 2.12. The van der Waals surface area contributed by atoms with E-state index in [9.17, 15) is 9.90 Å². The van der Waals surface area contributed by atoms with Crippen LogP contribution in [0.3, 0.4) is 0 Å². The number of primary amides is 1. The number of carbonyl (C=O) groups is 1. The van der Waals surface area contributed by atoms with Gasteiger partial charge in [-0.15, -0.1) is 11.3 Å². The lowest BCUT2D eigenvalue weighted by Crippen LogP contribution is -2.40. The monoisotopic (exact) mass is 256 g/mol. The van der Waals surface area contributed by atoms with Crippen molar-refractivity contribution in [3.05, 3.63) is 21.9 Å². The van der Waals surface area contributed by atoms with Gasteiger partial charge in [-0.05, 0) is 6.07 Å². The lowest BCUT2D eigenvalue weighted by atomic mass is 10.0. The predicted octanol–water partition coefficient (Wildman–Crippen LogP) is 0.0880. The molecule has 0 saturated carbocycles. The number of ether oxygens (including phenoxy) is 1. The average Bonchev–Trinajstić information content (AvgIpc) is 2.88. The number of hydrogen-bond donors (Lipinski definition) is 3. The van der Waals surface area contributed by atoms with Crippen molar-refractivity contribution < 1.29 is 14.6 Å². The maximum Gasteiger partial charge on any atom is 0.249 e. The van der Waals surface area contributed by atoms with Gasteiger partial charge in [-0.3, -0.25) is 4.79 Å². The van der Waals surface area contributed by atoms with Crippen LogP contribution in [0.2, 0.25) is 0 Å². The number of carbonyl (C=O) groups excluding carboxylic acids is 1. The van der Waals surface area contributed by atoms with Gasteiger partial charge in [-0.25, -0.2) is 0 Å². The Labute approximate surface area is 104 Å². The van der Waals surface area contributed by atoms with Gasteiger partial charge in [0, 0.05) is 36.4 Å². The Hall–Kier alpha value is -0.950. The molecule has 0 bridgehead atoms. The van der Waals surface area contributed by atoms with Crippen molar-refractivity contribution in [3.63, 3.8) is 0 Å². The molecule has 1 fully saturated rings. The van der Waals surface area contributed by atoms with Gasteiger partial charge in [-0.1, -0.05) is 0 Å². The van der Waals surface area contributed by atoms with Crippen LogP contribution in [0.25, 0.3) is 0 Å². The zero-order valence-electron chi connectivity index (χ0n) is 9.44. The quantitative estimate of drug-likeness (QED) is 0.697. The Morgan fingerprint density at radius 3 is 3.12 bits per heavy atom. The Kier molecular flexibility index (Phi) is 3.78. The fraction of sp³-hybridized carbons (Fsp3) is 0.545. The van der Waals surface area contributed by atoms with E-state index < -0.39 is 11.5 Å². The Morgan fingerprint density at radius 2 is 2.53 bits per heavy atom. The molecule has 1 atom stereocenters. The van der Waals surface area contributed by atoms with E-state index in [2.05, 4.69) is 5.32 Å². The lowest BCUT2D eigenvalue weighted by molar-refractivity contribution is 0.0269. The zero-order valence-corrected chi connectivity index (χ0v) is 10.3. The molecule has 0 aliphatic carbocycles. The summed E-state index contributed by atoms with van der Waals surface area (Å²) in [7, 11) is 0. The normalized spacial score (nSPS) is 24.1. The van der Waals surface area contributed by atoms with Gasteiger partial charge >= 0.3 is 0 Å². The summed E-state index contributed by atoms with van der Waals surface area (Å²) in [5, 5.41) is 14.9. The van der Waals surface area contributed by atoms with Gasteiger partial charge in [0.1, 0.15) is 5.60 Å². The van der Waals surface area contributed by atoms with Gasteiger partial charge in [0.2, 0.25) is 5.91 Å². The van der Waals surface area contributed by atoms with Crippen molar-refractivity contribution in [2.75, 3.05) is 19.8 Å². The van der Waals surface area contributed by atoms with Crippen LogP contribution in [-0.2, 0) is 11.3 Å². The van der Waals surface area contributed by atoms with Crippen LogP contribution in [0.4, 0.5) is 0 Å². The van der Waals surface area contributed by atoms with Crippen LogP contribution < -0.4 is 11.1 Å². The number of amides is 1. The smallest absolute Gasteiger partial charge is 0.249 e. The van der Waals surface area contributed by atoms with E-state index in [1.807, 2.05) is 0 Å². The summed E-state index contributed by atoms with van der Waals surface area (Å²) in [6, 6.07) is 1.77. The van der Waals surface area contributed by atoms with Gasteiger partial charge in [0.05, 0.1) is 12.2 Å². The van der Waals surface area contributed by atoms with E-state index in [0.29, 0.717) is 38.3 Å². The fourth-order valence-electron chi connectivity index (χ4n) is 1.76. The van der Waals surface area contributed by atoms with E-state index in [4.69, 9.17) is 10.5 Å². The van der Waals surface area contributed by atoms with Crippen LogP contribution in [0.15, 0.2) is 11.4 Å². The number of rotatable bonds is 5. The van der Waals surface area contributed by atoms with E-state index in [1.54, 1.807) is 11.4 Å². The molecule has 1 saturated heterocycles. The zero-order chi connectivity index (χ0) is 12.3. The molecule has 1 amide bonds. The first kappa shape index (κ1) is 12.5. The molecule has 17 heavy (non-hydrogen) atoms. The minimum absolute atomic E-state index is 0.386. The number of thiophene rings is 1. The van der Waals surface area contributed by atoms with Gasteiger partial charge in [0.15, 0.2) is 0 Å². The third-order valence-corrected chi connectivity index (χ3v) is 3.71. The largest absolute Gasteiger partial charge is 0.386 e. The summed E-state index contributed by atoms with van der Waals surface area (Å²) in [4.78, 5) is 11.9. The molecular weight excluding hydrogens is 240 g/mol. The third-order valence-electron chi connectivity index (χ3n) is 2.77. The Bertz CT molecular complexity index is 399. The number of aliphatic hydroxyl groups is 1. The SMILES string of the molecule is NC(=O)c1csc(CNCC2(O)CCOC2)c1. The van der Waals surface area contributed by atoms with E-state index in [0.717, 1.165) is 4.88 Å². The summed E-state index contributed by atoms with van der Waals surface area (Å²) in [6.07, 6.45) is 0.664. The molecule has 2 heterocycles. The lowest BCUT2D eigenvalue weighted by Gasteiger charge is -2.20. The highest BCUT2D eigenvalue weighted by atomic mass is 32.1. The van der Waals surface area contributed by atoms with Crippen LogP contribution in [-0.4, -0.2) is 36.4 Å². The highest BCUT2D eigenvalue weighted by Crippen LogP contribution is 2.18. The van der Waals surface area contributed by atoms with Crippen molar-refractivity contribution in [1.82, 2.24) is 5.32 Å². The Balaban J connectivity index is 1.79. The molecule has 0 aromatic carbocycles. The molecule has 1 aliphatic heterocycles. The fourth-order valence-corrected chi connectivity index (χ4v) is 2.60. The van der Waals surface area contributed by atoms with Gasteiger partial charge < -0.3 is 20.9 Å². The number of nitrogens with two attached hydrogens (primary N) is 1. The molecule has 5 nitrogen and oxygen atoms in total. The Morgan fingerprint density at radius 1 is 1.71 bits per heavy atom. The molecule has 0 radical (unpaired) electrons. The average molecular weight is 256 g/mol. The summed E-state index contributed by atoms with van der Waals surface area (Å²) in [5.41, 5.74) is 4.96. The topological polar surface area (TPSA) is 84.6 Å². The molecular formula is C11H16N2O3S. The summed E-state index contributed by atoms with van der Waals surface area (Å²) in [5.74, 6) is -0.407. The highest BCUT2D eigenvalue weighted by molar-refractivity contribution is 7.10. The third kappa shape index (κ3) is 3.26. The van der Waals surface area contributed by atoms with E-state index >= 15 is 0 Å². The van der Waals surface area contributed by atoms with Gasteiger partial charge in [0.25, 0.3) is 0 Å². The van der Waals surface area contributed by atoms with Crippen molar-refractivity contribution in [1.29, 1.82) is 0 Å². The molecule has 1 aliphatic rings. The van der Waals surface area contributed by atoms with Crippen molar-refractivity contribution >= 4 is 17.2 Å². The molecule has 4 N–H and O–H groups in total. The molecule has 94 valence electrons. The van der Waals surface area contributed by atoms with Crippen LogP contribution >= 0.6 is 11.3 Å².